The first kappa shape index (κ1) is 14.7. The molecule has 0 amide bonds. The van der Waals surface area contributed by atoms with Crippen LogP contribution >= 0.6 is 0 Å². The van der Waals surface area contributed by atoms with Gasteiger partial charge in [0.05, 0.1) is 5.41 Å². The lowest BCUT2D eigenvalue weighted by atomic mass is 9.81. The van der Waals surface area contributed by atoms with E-state index in [9.17, 15) is 4.79 Å². The first-order valence-corrected chi connectivity index (χ1v) is 5.47. The molecular weight excluding hydrogens is 200 g/mol. The van der Waals surface area contributed by atoms with Crippen molar-refractivity contribution in [2.75, 3.05) is 6.61 Å². The molecule has 0 spiro atoms. The minimum Gasteiger partial charge on any atom is -0.460 e. The van der Waals surface area contributed by atoms with Crippen LogP contribution in [0, 0.1) is 11.3 Å². The van der Waals surface area contributed by atoms with Crippen LogP contribution in [0.1, 0.15) is 27.7 Å². The lowest BCUT2D eigenvalue weighted by molar-refractivity contribution is -0.155. The second-order valence-corrected chi connectivity index (χ2v) is 4.63. The molecule has 0 aliphatic rings. The molecule has 90 valence electrons. The maximum Gasteiger partial charge on any atom is 0.312 e. The van der Waals surface area contributed by atoms with Crippen LogP contribution < -0.4 is 0 Å². The third-order valence-corrected chi connectivity index (χ3v) is 2.93. The van der Waals surface area contributed by atoms with Gasteiger partial charge in [-0.25, -0.2) is 0 Å². The van der Waals surface area contributed by atoms with Gasteiger partial charge in [0.1, 0.15) is 6.61 Å². The van der Waals surface area contributed by atoms with E-state index in [0.29, 0.717) is 0 Å². The molecule has 0 aliphatic carbocycles. The predicted molar refractivity (Wildman–Crippen MR) is 68.1 cm³/mol. The van der Waals surface area contributed by atoms with Crippen molar-refractivity contribution >= 4 is 5.97 Å². The van der Waals surface area contributed by atoms with E-state index >= 15 is 0 Å². The molecular formula is C14H22O2. The van der Waals surface area contributed by atoms with Crippen LogP contribution in [0.4, 0.5) is 0 Å². The molecule has 2 nitrogen and oxygen atoms in total. The van der Waals surface area contributed by atoms with Crippen molar-refractivity contribution in [2.24, 2.45) is 11.3 Å². The van der Waals surface area contributed by atoms with E-state index < -0.39 is 5.41 Å². The van der Waals surface area contributed by atoms with E-state index in [1.54, 1.807) is 18.2 Å². The summed E-state index contributed by atoms with van der Waals surface area (Å²) in [5.74, 6) is 0.0647. The van der Waals surface area contributed by atoms with Crippen molar-refractivity contribution in [2.45, 2.75) is 27.7 Å². The van der Waals surface area contributed by atoms with E-state index in [1.165, 1.54) is 0 Å². The van der Waals surface area contributed by atoms with Gasteiger partial charge < -0.3 is 4.74 Å². The fraction of sp³-hybridized carbons (Fsp3) is 0.500. The monoisotopic (exact) mass is 222 g/mol. The molecule has 0 rings (SSSR count). The summed E-state index contributed by atoms with van der Waals surface area (Å²) in [6.07, 6.45) is 5.10. The van der Waals surface area contributed by atoms with Gasteiger partial charge in [-0.05, 0) is 25.3 Å². The largest absolute Gasteiger partial charge is 0.460 e. The molecule has 16 heavy (non-hydrogen) atoms. The second kappa shape index (κ2) is 6.31. The summed E-state index contributed by atoms with van der Waals surface area (Å²) >= 11 is 0. The molecule has 0 aromatic carbocycles. The summed E-state index contributed by atoms with van der Waals surface area (Å²) < 4.78 is 5.25. The number of hydrogen-bond donors (Lipinski definition) is 0. The van der Waals surface area contributed by atoms with E-state index in [4.69, 9.17) is 4.74 Å². The molecule has 0 atom stereocenters. The minimum absolute atomic E-state index is 0.181. The zero-order valence-corrected chi connectivity index (χ0v) is 10.7. The summed E-state index contributed by atoms with van der Waals surface area (Å²) in [6.45, 7) is 15.3. The summed E-state index contributed by atoms with van der Waals surface area (Å²) in [5, 5.41) is 0. The van der Waals surface area contributed by atoms with Crippen LogP contribution in [0.5, 0.6) is 0 Å². The van der Waals surface area contributed by atoms with Crippen LogP contribution in [-0.4, -0.2) is 12.6 Å². The van der Waals surface area contributed by atoms with Crippen LogP contribution in [-0.2, 0) is 9.53 Å². The van der Waals surface area contributed by atoms with Crippen molar-refractivity contribution in [3.63, 3.8) is 0 Å². The molecule has 0 unspecified atom stereocenters. The standard InChI is InChI=1S/C14H22O2/c1-7-9-12(8-2)10-16-13(15)14(5,6)11(3)4/h7-9,11H,1-2,10H2,3-6H3/b12-9+. The van der Waals surface area contributed by atoms with Crippen LogP contribution in [0.25, 0.3) is 0 Å². The minimum atomic E-state index is -0.458. The number of rotatable bonds is 6. The smallest absolute Gasteiger partial charge is 0.312 e. The van der Waals surface area contributed by atoms with Gasteiger partial charge >= 0.3 is 5.97 Å². The number of hydrogen-bond acceptors (Lipinski definition) is 2. The summed E-state index contributed by atoms with van der Waals surface area (Å²) in [5.41, 5.74) is 0.392. The molecule has 0 fully saturated rings. The van der Waals surface area contributed by atoms with Gasteiger partial charge in [0.15, 0.2) is 0 Å². The van der Waals surface area contributed by atoms with Gasteiger partial charge in [-0.2, -0.15) is 0 Å². The number of allylic oxidation sites excluding steroid dienone is 2. The molecule has 0 bridgehead atoms. The molecule has 0 aromatic rings. The van der Waals surface area contributed by atoms with E-state index in [2.05, 4.69) is 13.2 Å². The molecule has 0 N–H and O–H groups in total. The van der Waals surface area contributed by atoms with Gasteiger partial charge in [-0.1, -0.05) is 45.2 Å². The third kappa shape index (κ3) is 4.05. The normalized spacial score (nSPS) is 12.4. The van der Waals surface area contributed by atoms with Crippen LogP contribution in [0.2, 0.25) is 0 Å². The number of carbonyl (C=O) groups is 1. The quantitative estimate of drug-likeness (QED) is 0.508. The summed E-state index contributed by atoms with van der Waals surface area (Å²) in [6, 6.07) is 0. The first-order chi connectivity index (χ1) is 7.36. The highest BCUT2D eigenvalue weighted by Crippen LogP contribution is 2.27. The number of ether oxygens (including phenoxy) is 1. The Kier molecular flexibility index (Phi) is 5.79. The van der Waals surface area contributed by atoms with Crippen molar-refractivity contribution in [1.82, 2.24) is 0 Å². The fourth-order valence-corrected chi connectivity index (χ4v) is 0.897. The molecule has 0 saturated heterocycles. The predicted octanol–water partition coefficient (Wildman–Crippen LogP) is 3.51. The highest BCUT2D eigenvalue weighted by atomic mass is 16.5. The summed E-state index contributed by atoms with van der Waals surface area (Å²) in [4.78, 5) is 11.8. The first-order valence-electron chi connectivity index (χ1n) is 5.47. The van der Waals surface area contributed by atoms with Crippen molar-refractivity contribution in [3.8, 4) is 0 Å². The highest BCUT2D eigenvalue weighted by molar-refractivity contribution is 5.76. The maximum absolute atomic E-state index is 11.8. The van der Waals surface area contributed by atoms with Gasteiger partial charge in [-0.15, -0.1) is 0 Å². The van der Waals surface area contributed by atoms with Gasteiger partial charge in [0.2, 0.25) is 0 Å². The second-order valence-electron chi connectivity index (χ2n) is 4.63. The molecule has 2 heteroatoms. The van der Waals surface area contributed by atoms with E-state index in [0.717, 1.165) is 5.57 Å². The molecule has 0 saturated carbocycles. The Morgan fingerprint density at radius 3 is 2.31 bits per heavy atom. The number of carbonyl (C=O) groups excluding carboxylic acids is 1. The Balaban J connectivity index is 4.43. The van der Waals surface area contributed by atoms with Crippen molar-refractivity contribution in [1.29, 1.82) is 0 Å². The van der Waals surface area contributed by atoms with E-state index in [-0.39, 0.29) is 18.5 Å². The average Bonchev–Trinajstić information content (AvgIpc) is 2.23. The van der Waals surface area contributed by atoms with Crippen molar-refractivity contribution < 1.29 is 9.53 Å². The molecule has 0 radical (unpaired) electrons. The third-order valence-electron chi connectivity index (χ3n) is 2.93. The van der Waals surface area contributed by atoms with Crippen LogP contribution in [0.3, 0.4) is 0 Å². The Hall–Kier alpha value is -1.31. The van der Waals surface area contributed by atoms with E-state index in [1.807, 2.05) is 27.7 Å². The lowest BCUT2D eigenvalue weighted by Crippen LogP contribution is -2.32. The maximum atomic E-state index is 11.8. The number of esters is 1. The fourth-order valence-electron chi connectivity index (χ4n) is 0.897. The SMILES string of the molecule is C=C/C=C(\C=C)COC(=O)C(C)(C)C(C)C. The van der Waals surface area contributed by atoms with Crippen LogP contribution in [0.15, 0.2) is 37.0 Å². The Morgan fingerprint density at radius 1 is 1.38 bits per heavy atom. The van der Waals surface area contributed by atoms with Gasteiger partial charge in [-0.3, -0.25) is 4.79 Å². The molecule has 0 aromatic heterocycles. The van der Waals surface area contributed by atoms with Gasteiger partial charge in [0.25, 0.3) is 0 Å². The Morgan fingerprint density at radius 2 is 1.94 bits per heavy atom. The van der Waals surface area contributed by atoms with Gasteiger partial charge in [0, 0.05) is 0 Å². The Labute approximate surface area is 98.7 Å². The highest BCUT2D eigenvalue weighted by Gasteiger charge is 2.32. The zero-order valence-electron chi connectivity index (χ0n) is 10.7. The topological polar surface area (TPSA) is 26.3 Å². The summed E-state index contributed by atoms with van der Waals surface area (Å²) in [7, 11) is 0. The zero-order chi connectivity index (χ0) is 12.8. The average molecular weight is 222 g/mol. The molecule has 0 aliphatic heterocycles. The Bertz CT molecular complexity index is 296. The lowest BCUT2D eigenvalue weighted by Gasteiger charge is -2.26. The molecule has 0 heterocycles. The van der Waals surface area contributed by atoms with Crippen molar-refractivity contribution in [3.05, 3.63) is 37.0 Å².